The fourth-order valence-corrected chi connectivity index (χ4v) is 3.24. The maximum absolute atomic E-state index is 13.1. The summed E-state index contributed by atoms with van der Waals surface area (Å²) in [5.74, 6) is 1.12. The lowest BCUT2D eigenvalue weighted by Gasteiger charge is -2.21. The molecule has 3 aromatic rings. The Balaban J connectivity index is 1.54. The zero-order chi connectivity index (χ0) is 21.6. The summed E-state index contributed by atoms with van der Waals surface area (Å²) in [5, 5.41) is 5.68. The minimum absolute atomic E-state index is 0.367. The molecule has 0 spiro atoms. The number of hydrogen-bond acceptors (Lipinski definition) is 5. The number of benzene rings is 3. The number of carbonyl (C=O) groups is 2. The Labute approximate surface area is 179 Å². The first kappa shape index (κ1) is 20.3. The summed E-state index contributed by atoms with van der Waals surface area (Å²) in [6.45, 7) is 0.946. The lowest BCUT2D eigenvalue weighted by Crippen LogP contribution is -2.37. The molecule has 0 aliphatic carbocycles. The summed E-state index contributed by atoms with van der Waals surface area (Å²) in [4.78, 5) is 25.9. The number of nitrogens with one attached hydrogen (secondary N) is 2. The van der Waals surface area contributed by atoms with E-state index in [0.717, 1.165) is 0 Å². The molecule has 3 aromatic carbocycles. The highest BCUT2D eigenvalue weighted by atomic mass is 16.6. The van der Waals surface area contributed by atoms with E-state index >= 15 is 0 Å². The first-order chi connectivity index (χ1) is 15.1. The molecule has 0 aromatic heterocycles. The Morgan fingerprint density at radius 3 is 2.32 bits per heavy atom. The van der Waals surface area contributed by atoms with Crippen molar-refractivity contribution in [3.05, 3.63) is 83.9 Å². The van der Waals surface area contributed by atoms with Gasteiger partial charge in [0.1, 0.15) is 25.0 Å². The molecule has 1 atom stereocenters. The molecule has 0 saturated heterocycles. The fraction of sp³-hybridized carbons (Fsp3) is 0.167. The van der Waals surface area contributed by atoms with Crippen molar-refractivity contribution in [1.29, 1.82) is 0 Å². The van der Waals surface area contributed by atoms with Crippen LogP contribution in [-0.4, -0.2) is 32.1 Å². The molecule has 4 rings (SSSR count). The number of ether oxygens (including phenoxy) is 3. The molecular weight excluding hydrogens is 396 g/mol. The van der Waals surface area contributed by atoms with Crippen molar-refractivity contribution in [2.75, 3.05) is 25.6 Å². The Morgan fingerprint density at radius 2 is 1.61 bits per heavy atom. The molecule has 0 unspecified atom stereocenters. The van der Waals surface area contributed by atoms with Crippen LogP contribution in [0.5, 0.6) is 17.2 Å². The van der Waals surface area contributed by atoms with Gasteiger partial charge in [0.2, 0.25) is 0 Å². The van der Waals surface area contributed by atoms with Crippen molar-refractivity contribution in [3.63, 3.8) is 0 Å². The van der Waals surface area contributed by atoms with Gasteiger partial charge in [0.25, 0.3) is 11.8 Å². The van der Waals surface area contributed by atoms with Gasteiger partial charge in [-0.25, -0.2) is 0 Å². The molecule has 7 nitrogen and oxygen atoms in total. The lowest BCUT2D eigenvalue weighted by molar-refractivity contribution is -0.118. The van der Waals surface area contributed by atoms with Gasteiger partial charge in [0, 0.05) is 17.3 Å². The third kappa shape index (κ3) is 4.78. The number of fused-ring (bicyclic) bond motifs is 1. The van der Waals surface area contributed by atoms with Crippen LogP contribution < -0.4 is 24.8 Å². The maximum atomic E-state index is 13.1. The van der Waals surface area contributed by atoms with E-state index in [2.05, 4.69) is 10.6 Å². The minimum atomic E-state index is -0.885. The SMILES string of the molecule is COc1ccc(C(=O)N[C@H](C(=O)Nc2ccc3c(c2)OCCO3)c2ccccc2)cc1. The van der Waals surface area contributed by atoms with Crippen LogP contribution in [0.4, 0.5) is 5.69 Å². The highest BCUT2D eigenvalue weighted by Gasteiger charge is 2.24. The average molecular weight is 418 g/mol. The van der Waals surface area contributed by atoms with Crippen molar-refractivity contribution >= 4 is 17.5 Å². The van der Waals surface area contributed by atoms with Gasteiger partial charge in [0.15, 0.2) is 11.5 Å². The van der Waals surface area contributed by atoms with Crippen molar-refractivity contribution < 1.29 is 23.8 Å². The van der Waals surface area contributed by atoms with Gasteiger partial charge in [-0.15, -0.1) is 0 Å². The number of anilines is 1. The van der Waals surface area contributed by atoms with Crippen molar-refractivity contribution in [2.45, 2.75) is 6.04 Å². The second kappa shape index (κ2) is 9.21. The highest BCUT2D eigenvalue weighted by molar-refractivity contribution is 6.01. The third-order valence-electron chi connectivity index (χ3n) is 4.83. The Hall–Kier alpha value is -4.00. The van der Waals surface area contributed by atoms with Crippen LogP contribution in [0.2, 0.25) is 0 Å². The van der Waals surface area contributed by atoms with E-state index in [4.69, 9.17) is 14.2 Å². The minimum Gasteiger partial charge on any atom is -0.497 e. The van der Waals surface area contributed by atoms with Crippen LogP contribution in [0.15, 0.2) is 72.8 Å². The molecule has 1 aliphatic heterocycles. The van der Waals surface area contributed by atoms with Gasteiger partial charge in [-0.1, -0.05) is 30.3 Å². The van der Waals surface area contributed by atoms with E-state index < -0.39 is 6.04 Å². The third-order valence-corrected chi connectivity index (χ3v) is 4.83. The second-order valence-corrected chi connectivity index (χ2v) is 6.89. The molecule has 0 fully saturated rings. The molecule has 0 saturated carbocycles. The molecule has 7 heteroatoms. The summed E-state index contributed by atoms with van der Waals surface area (Å²) in [6.07, 6.45) is 0. The Morgan fingerprint density at radius 1 is 0.903 bits per heavy atom. The molecule has 0 bridgehead atoms. The first-order valence-electron chi connectivity index (χ1n) is 9.84. The standard InChI is InChI=1S/C24H22N2O5/c1-29-19-10-7-17(8-11-19)23(27)26-22(16-5-3-2-4-6-16)24(28)25-18-9-12-20-21(15-18)31-14-13-30-20/h2-12,15,22H,13-14H2,1H3,(H,25,28)(H,26,27)/t22-/m0/s1. The topological polar surface area (TPSA) is 85.9 Å². The first-order valence-corrected chi connectivity index (χ1v) is 9.84. The summed E-state index contributed by atoms with van der Waals surface area (Å²) in [7, 11) is 1.56. The van der Waals surface area contributed by atoms with Crippen LogP contribution >= 0.6 is 0 Å². The predicted molar refractivity (Wildman–Crippen MR) is 116 cm³/mol. The van der Waals surface area contributed by atoms with E-state index in [1.807, 2.05) is 18.2 Å². The fourth-order valence-electron chi connectivity index (χ4n) is 3.24. The van der Waals surface area contributed by atoms with Crippen LogP contribution in [0, 0.1) is 0 Å². The number of carbonyl (C=O) groups excluding carboxylic acids is 2. The summed E-state index contributed by atoms with van der Waals surface area (Å²) in [6, 6.07) is 20.1. The second-order valence-electron chi connectivity index (χ2n) is 6.89. The Bertz CT molecular complexity index is 1070. The smallest absolute Gasteiger partial charge is 0.252 e. The average Bonchev–Trinajstić information content (AvgIpc) is 2.83. The van der Waals surface area contributed by atoms with Gasteiger partial charge in [-0.2, -0.15) is 0 Å². The van der Waals surface area contributed by atoms with Crippen molar-refractivity contribution in [3.8, 4) is 17.2 Å². The molecule has 158 valence electrons. The van der Waals surface area contributed by atoms with E-state index in [1.54, 1.807) is 61.7 Å². The zero-order valence-corrected chi connectivity index (χ0v) is 17.0. The number of rotatable bonds is 6. The molecular formula is C24H22N2O5. The van der Waals surface area contributed by atoms with Crippen LogP contribution in [-0.2, 0) is 4.79 Å². The monoisotopic (exact) mass is 418 g/mol. The molecule has 1 aliphatic rings. The van der Waals surface area contributed by atoms with Gasteiger partial charge in [0.05, 0.1) is 7.11 Å². The van der Waals surface area contributed by atoms with Crippen LogP contribution in [0.25, 0.3) is 0 Å². The molecule has 0 radical (unpaired) electrons. The largest absolute Gasteiger partial charge is 0.497 e. The molecule has 1 heterocycles. The maximum Gasteiger partial charge on any atom is 0.252 e. The zero-order valence-electron chi connectivity index (χ0n) is 17.0. The molecule has 2 N–H and O–H groups in total. The van der Waals surface area contributed by atoms with E-state index in [-0.39, 0.29) is 11.8 Å². The quantitative estimate of drug-likeness (QED) is 0.639. The number of methoxy groups -OCH3 is 1. The number of hydrogen-bond donors (Lipinski definition) is 2. The lowest BCUT2D eigenvalue weighted by atomic mass is 10.0. The summed E-state index contributed by atoms with van der Waals surface area (Å²) >= 11 is 0. The van der Waals surface area contributed by atoms with E-state index in [9.17, 15) is 9.59 Å². The molecule has 31 heavy (non-hydrogen) atoms. The Kier molecular flexibility index (Phi) is 6.03. The summed E-state index contributed by atoms with van der Waals surface area (Å²) in [5.41, 5.74) is 1.64. The van der Waals surface area contributed by atoms with E-state index in [1.165, 1.54) is 0 Å². The highest BCUT2D eigenvalue weighted by Crippen LogP contribution is 2.33. The van der Waals surface area contributed by atoms with Gasteiger partial charge < -0.3 is 24.8 Å². The van der Waals surface area contributed by atoms with Gasteiger partial charge in [-0.05, 0) is 42.0 Å². The normalized spacial score (nSPS) is 13.1. The number of amides is 2. The van der Waals surface area contributed by atoms with Crippen LogP contribution in [0.1, 0.15) is 22.0 Å². The van der Waals surface area contributed by atoms with Gasteiger partial charge >= 0.3 is 0 Å². The molecule has 2 amide bonds. The van der Waals surface area contributed by atoms with Crippen molar-refractivity contribution in [2.24, 2.45) is 0 Å². The predicted octanol–water partition coefficient (Wildman–Crippen LogP) is 3.58. The van der Waals surface area contributed by atoms with Crippen molar-refractivity contribution in [1.82, 2.24) is 5.32 Å². The van der Waals surface area contributed by atoms with Gasteiger partial charge in [-0.3, -0.25) is 9.59 Å². The van der Waals surface area contributed by atoms with E-state index in [0.29, 0.717) is 47.3 Å². The summed E-state index contributed by atoms with van der Waals surface area (Å²) < 4.78 is 16.2. The van der Waals surface area contributed by atoms with Crippen LogP contribution in [0.3, 0.4) is 0 Å².